The van der Waals surface area contributed by atoms with Gasteiger partial charge in [-0.2, -0.15) is 0 Å². The first-order valence-corrected chi connectivity index (χ1v) is 11.0. The van der Waals surface area contributed by atoms with Gasteiger partial charge in [0.25, 0.3) is 0 Å². The second kappa shape index (κ2) is 8.65. The molecule has 160 valence electrons. The molecule has 0 bridgehead atoms. The van der Waals surface area contributed by atoms with Crippen molar-refractivity contribution in [3.8, 4) is 11.4 Å². The Morgan fingerprint density at radius 1 is 0.969 bits per heavy atom. The number of rotatable bonds is 5. The van der Waals surface area contributed by atoms with Crippen molar-refractivity contribution >= 4 is 34.6 Å². The summed E-state index contributed by atoms with van der Waals surface area (Å²) in [6.45, 7) is 0. The molecule has 2 aromatic heterocycles. The molecule has 5 rings (SSSR count). The maximum atomic E-state index is 6.30. The van der Waals surface area contributed by atoms with Crippen molar-refractivity contribution in [1.29, 1.82) is 0 Å². The summed E-state index contributed by atoms with van der Waals surface area (Å²) in [5.41, 5.74) is 3.97. The Bertz CT molecular complexity index is 1240. The average Bonchev–Trinajstić information content (AvgIpc) is 3.44. The first-order chi connectivity index (χ1) is 15.7. The third-order valence-corrected chi connectivity index (χ3v) is 6.17. The Labute approximate surface area is 197 Å². The summed E-state index contributed by atoms with van der Waals surface area (Å²) in [6, 6.07) is 25.6. The van der Waals surface area contributed by atoms with Gasteiger partial charge in [-0.3, -0.25) is 4.98 Å². The van der Waals surface area contributed by atoms with E-state index in [0.717, 1.165) is 28.5 Å². The minimum absolute atomic E-state index is 0.125. The molecule has 1 fully saturated rings. The molecule has 0 aliphatic carbocycles. The summed E-state index contributed by atoms with van der Waals surface area (Å²) in [6.07, 6.45) is 3.85. The Hall–Kier alpha value is -3.35. The van der Waals surface area contributed by atoms with Crippen LogP contribution in [-0.4, -0.2) is 21.8 Å². The van der Waals surface area contributed by atoms with E-state index in [0.29, 0.717) is 10.1 Å². The minimum atomic E-state index is -0.126. The van der Waals surface area contributed by atoms with Crippen LogP contribution >= 0.6 is 23.8 Å². The van der Waals surface area contributed by atoms with Crippen molar-refractivity contribution < 1.29 is 4.74 Å². The van der Waals surface area contributed by atoms with E-state index in [9.17, 15) is 0 Å². The molecule has 7 heteroatoms. The fourth-order valence-corrected chi connectivity index (χ4v) is 4.70. The lowest BCUT2D eigenvalue weighted by molar-refractivity contribution is 0.415. The SMILES string of the molecule is COc1ccc(N2C(=S)N[C@@H](c3ccccn3)[C@@H]2c2cccn2-c2cccc(Cl)c2)cc1. The lowest BCUT2D eigenvalue weighted by Crippen LogP contribution is -2.30. The standard InChI is InChI=1S/C25H21ClN4OS/c1-31-20-12-10-18(11-13-20)30-24(23(28-25(30)32)21-8-2-3-14-27-21)22-9-5-15-29(22)19-7-4-6-17(26)16-19/h2-16,23-24H,1H3,(H,28,32)/t23-,24-/m0/s1. The molecule has 32 heavy (non-hydrogen) atoms. The van der Waals surface area contributed by atoms with Gasteiger partial charge in [0.2, 0.25) is 0 Å². The number of ether oxygens (including phenoxy) is 1. The van der Waals surface area contributed by atoms with Gasteiger partial charge >= 0.3 is 0 Å². The van der Waals surface area contributed by atoms with Gasteiger partial charge in [0.1, 0.15) is 11.8 Å². The number of aromatic nitrogens is 2. The molecule has 1 N–H and O–H groups in total. The predicted molar refractivity (Wildman–Crippen MR) is 132 cm³/mol. The number of methoxy groups -OCH3 is 1. The molecule has 0 radical (unpaired) electrons. The molecule has 3 heterocycles. The third kappa shape index (κ3) is 3.72. The van der Waals surface area contributed by atoms with Crippen LogP contribution < -0.4 is 15.0 Å². The quantitative estimate of drug-likeness (QED) is 0.386. The molecule has 2 atom stereocenters. The van der Waals surface area contributed by atoms with Gasteiger partial charge in [0.15, 0.2) is 5.11 Å². The number of nitrogens with one attached hydrogen (secondary N) is 1. The fraction of sp³-hybridized carbons (Fsp3) is 0.120. The molecule has 1 aliphatic rings. The van der Waals surface area contributed by atoms with Crippen molar-refractivity contribution in [2.45, 2.75) is 12.1 Å². The van der Waals surface area contributed by atoms with Crippen LogP contribution in [0.1, 0.15) is 23.5 Å². The zero-order valence-corrected chi connectivity index (χ0v) is 18.9. The Balaban J connectivity index is 1.65. The van der Waals surface area contributed by atoms with Gasteiger partial charge in [-0.05, 0) is 78.9 Å². The van der Waals surface area contributed by atoms with Crippen molar-refractivity contribution in [2.75, 3.05) is 12.0 Å². The van der Waals surface area contributed by atoms with Gasteiger partial charge in [0, 0.05) is 34.5 Å². The lowest BCUT2D eigenvalue weighted by atomic mass is 10.0. The van der Waals surface area contributed by atoms with Crippen LogP contribution in [0.25, 0.3) is 5.69 Å². The minimum Gasteiger partial charge on any atom is -0.497 e. The number of pyridine rings is 1. The highest BCUT2D eigenvalue weighted by Gasteiger charge is 2.42. The molecule has 4 aromatic rings. The molecule has 0 amide bonds. The molecule has 0 unspecified atom stereocenters. The summed E-state index contributed by atoms with van der Waals surface area (Å²) < 4.78 is 7.49. The van der Waals surface area contributed by atoms with Gasteiger partial charge in [0.05, 0.1) is 18.8 Å². The van der Waals surface area contributed by atoms with Crippen molar-refractivity contribution in [3.63, 3.8) is 0 Å². The largest absolute Gasteiger partial charge is 0.497 e. The number of nitrogens with zero attached hydrogens (tertiary/aromatic N) is 3. The summed E-state index contributed by atoms with van der Waals surface area (Å²) in [5.74, 6) is 0.798. The Morgan fingerprint density at radius 3 is 2.53 bits per heavy atom. The van der Waals surface area contributed by atoms with Gasteiger partial charge in [-0.15, -0.1) is 0 Å². The normalized spacial score (nSPS) is 17.9. The Kier molecular flexibility index (Phi) is 5.55. The number of thiocarbonyl (C=S) groups is 1. The highest BCUT2D eigenvalue weighted by atomic mass is 35.5. The molecule has 5 nitrogen and oxygen atoms in total. The van der Waals surface area contributed by atoms with Crippen LogP contribution in [-0.2, 0) is 0 Å². The van der Waals surface area contributed by atoms with E-state index in [2.05, 4.69) is 25.8 Å². The smallest absolute Gasteiger partial charge is 0.174 e. The summed E-state index contributed by atoms with van der Waals surface area (Å²) in [4.78, 5) is 6.77. The van der Waals surface area contributed by atoms with E-state index < -0.39 is 0 Å². The van der Waals surface area contributed by atoms with E-state index in [-0.39, 0.29) is 12.1 Å². The summed E-state index contributed by atoms with van der Waals surface area (Å²) >= 11 is 12.1. The molecular formula is C25H21ClN4OS. The van der Waals surface area contributed by atoms with Crippen molar-refractivity contribution in [2.24, 2.45) is 0 Å². The van der Waals surface area contributed by atoms with Crippen molar-refractivity contribution in [3.05, 3.63) is 108 Å². The maximum Gasteiger partial charge on any atom is 0.174 e. The number of hydrogen-bond donors (Lipinski definition) is 1. The highest BCUT2D eigenvalue weighted by Crippen LogP contribution is 2.42. The van der Waals surface area contributed by atoms with Crippen LogP contribution in [0.4, 0.5) is 5.69 Å². The highest BCUT2D eigenvalue weighted by molar-refractivity contribution is 7.80. The fourth-order valence-electron chi connectivity index (χ4n) is 4.17. The van der Waals surface area contributed by atoms with E-state index in [1.54, 1.807) is 7.11 Å². The van der Waals surface area contributed by atoms with Gasteiger partial charge in [-0.25, -0.2) is 0 Å². The first kappa shape index (κ1) is 20.5. The van der Waals surface area contributed by atoms with Crippen molar-refractivity contribution in [1.82, 2.24) is 14.9 Å². The number of hydrogen-bond acceptors (Lipinski definition) is 3. The van der Waals surface area contributed by atoms with Gasteiger partial charge < -0.3 is 19.5 Å². The second-order valence-corrected chi connectivity index (χ2v) is 8.30. The molecule has 2 aromatic carbocycles. The molecule has 1 aliphatic heterocycles. The Morgan fingerprint density at radius 2 is 1.81 bits per heavy atom. The average molecular weight is 461 g/mol. The van der Waals surface area contributed by atoms with Crippen LogP contribution in [0.3, 0.4) is 0 Å². The van der Waals surface area contributed by atoms with E-state index in [1.807, 2.05) is 85.2 Å². The zero-order valence-electron chi connectivity index (χ0n) is 17.4. The molecule has 0 saturated carbocycles. The van der Waals surface area contributed by atoms with E-state index in [4.69, 9.17) is 28.6 Å². The second-order valence-electron chi connectivity index (χ2n) is 7.48. The van der Waals surface area contributed by atoms with Crippen LogP contribution in [0.2, 0.25) is 5.02 Å². The van der Waals surface area contributed by atoms with Crippen LogP contribution in [0.15, 0.2) is 91.3 Å². The third-order valence-electron chi connectivity index (χ3n) is 5.62. The predicted octanol–water partition coefficient (Wildman–Crippen LogP) is 5.71. The first-order valence-electron chi connectivity index (χ1n) is 10.2. The zero-order chi connectivity index (χ0) is 22.1. The molecular weight excluding hydrogens is 440 g/mol. The monoisotopic (exact) mass is 460 g/mol. The van der Waals surface area contributed by atoms with Crippen LogP contribution in [0.5, 0.6) is 5.75 Å². The number of benzene rings is 2. The van der Waals surface area contributed by atoms with Crippen LogP contribution in [0, 0.1) is 0 Å². The molecule has 0 spiro atoms. The number of halogens is 1. The van der Waals surface area contributed by atoms with E-state index in [1.165, 1.54) is 0 Å². The maximum absolute atomic E-state index is 6.30. The van der Waals surface area contributed by atoms with Gasteiger partial charge in [-0.1, -0.05) is 23.7 Å². The molecule has 1 saturated heterocycles. The van der Waals surface area contributed by atoms with E-state index >= 15 is 0 Å². The summed E-state index contributed by atoms with van der Waals surface area (Å²) in [7, 11) is 1.66. The lowest BCUT2D eigenvalue weighted by Gasteiger charge is -2.29. The summed E-state index contributed by atoms with van der Waals surface area (Å²) in [5, 5.41) is 4.84. The topological polar surface area (TPSA) is 42.3 Å². The number of anilines is 1.